The number of nitrogens with one attached hydrogen (secondary N) is 1. The molecule has 0 aromatic heterocycles. The molecule has 1 aliphatic heterocycles. The standard InChI is InChI=1S/C20H24N2O/c1-2-9-17-19(22-23)14-18(15-10-5-3-6-11-15)21-20(17)16-12-7-4-8-13-16/h3-8,10-13,17-18,20-21,23H,2,9,14H2,1H3/b22-19-/t17-,18+,20+/m1/s1. The molecule has 3 rings (SSSR count). The monoisotopic (exact) mass is 308 g/mol. The third-order valence-corrected chi connectivity index (χ3v) is 4.71. The van der Waals surface area contributed by atoms with Crippen LogP contribution in [-0.4, -0.2) is 10.9 Å². The van der Waals surface area contributed by atoms with Gasteiger partial charge in [-0.3, -0.25) is 0 Å². The Morgan fingerprint density at radius 1 is 1.00 bits per heavy atom. The van der Waals surface area contributed by atoms with Gasteiger partial charge >= 0.3 is 0 Å². The van der Waals surface area contributed by atoms with Crippen molar-refractivity contribution in [2.24, 2.45) is 11.1 Å². The highest BCUT2D eigenvalue weighted by Gasteiger charge is 2.35. The molecular weight excluding hydrogens is 284 g/mol. The van der Waals surface area contributed by atoms with Gasteiger partial charge < -0.3 is 10.5 Å². The molecule has 1 heterocycles. The first-order chi connectivity index (χ1) is 11.3. The van der Waals surface area contributed by atoms with Crippen molar-refractivity contribution in [1.82, 2.24) is 5.32 Å². The van der Waals surface area contributed by atoms with Crippen LogP contribution in [0.3, 0.4) is 0 Å². The molecule has 0 aliphatic carbocycles. The average Bonchev–Trinajstić information content (AvgIpc) is 2.63. The molecule has 1 saturated heterocycles. The lowest BCUT2D eigenvalue weighted by atomic mass is 9.78. The molecule has 0 unspecified atom stereocenters. The lowest BCUT2D eigenvalue weighted by Gasteiger charge is -2.38. The Hall–Kier alpha value is -2.13. The fourth-order valence-electron chi connectivity index (χ4n) is 3.59. The van der Waals surface area contributed by atoms with Gasteiger partial charge in [-0.1, -0.05) is 79.2 Å². The summed E-state index contributed by atoms with van der Waals surface area (Å²) in [6.45, 7) is 2.18. The zero-order chi connectivity index (χ0) is 16.1. The fraction of sp³-hybridized carbons (Fsp3) is 0.350. The van der Waals surface area contributed by atoms with E-state index in [1.165, 1.54) is 11.1 Å². The van der Waals surface area contributed by atoms with Gasteiger partial charge in [-0.15, -0.1) is 0 Å². The van der Waals surface area contributed by atoms with Crippen LogP contribution in [0, 0.1) is 5.92 Å². The first-order valence-electron chi connectivity index (χ1n) is 8.40. The highest BCUT2D eigenvalue weighted by molar-refractivity contribution is 5.88. The molecule has 3 heteroatoms. The summed E-state index contributed by atoms with van der Waals surface area (Å²) in [5.74, 6) is 0.243. The predicted molar refractivity (Wildman–Crippen MR) is 93.7 cm³/mol. The molecule has 3 atom stereocenters. The van der Waals surface area contributed by atoms with E-state index in [4.69, 9.17) is 0 Å². The summed E-state index contributed by atoms with van der Waals surface area (Å²) in [4.78, 5) is 0. The summed E-state index contributed by atoms with van der Waals surface area (Å²) in [5, 5.41) is 17.0. The minimum Gasteiger partial charge on any atom is -0.411 e. The molecular formula is C20H24N2O. The summed E-state index contributed by atoms with van der Waals surface area (Å²) in [6.07, 6.45) is 2.85. The van der Waals surface area contributed by atoms with Crippen molar-refractivity contribution in [2.45, 2.75) is 38.3 Å². The van der Waals surface area contributed by atoms with Gasteiger partial charge in [-0.2, -0.15) is 0 Å². The number of oxime groups is 1. The van der Waals surface area contributed by atoms with E-state index >= 15 is 0 Å². The molecule has 1 aliphatic rings. The Morgan fingerprint density at radius 3 is 2.17 bits per heavy atom. The van der Waals surface area contributed by atoms with E-state index in [9.17, 15) is 5.21 Å². The van der Waals surface area contributed by atoms with E-state index in [0.717, 1.165) is 25.0 Å². The Balaban J connectivity index is 1.95. The van der Waals surface area contributed by atoms with Gasteiger partial charge in [-0.25, -0.2) is 0 Å². The quantitative estimate of drug-likeness (QED) is 0.634. The number of benzene rings is 2. The van der Waals surface area contributed by atoms with Crippen molar-refractivity contribution in [2.75, 3.05) is 0 Å². The van der Waals surface area contributed by atoms with Gasteiger partial charge in [0.15, 0.2) is 0 Å². The molecule has 0 radical (unpaired) electrons. The SMILES string of the molecule is CCC[C@@H]1/C(=N\O)C[C@@H](c2ccccc2)N[C@H]1c1ccccc1. The van der Waals surface area contributed by atoms with Crippen LogP contribution in [0.2, 0.25) is 0 Å². The Labute approximate surface area is 138 Å². The van der Waals surface area contributed by atoms with Crippen LogP contribution in [-0.2, 0) is 0 Å². The average molecular weight is 308 g/mol. The van der Waals surface area contributed by atoms with E-state index in [1.54, 1.807) is 0 Å². The first-order valence-corrected chi connectivity index (χ1v) is 8.40. The maximum absolute atomic E-state index is 9.58. The molecule has 1 fully saturated rings. The van der Waals surface area contributed by atoms with Gasteiger partial charge in [-0.05, 0) is 17.5 Å². The number of piperidine rings is 1. The fourth-order valence-corrected chi connectivity index (χ4v) is 3.59. The van der Waals surface area contributed by atoms with E-state index < -0.39 is 0 Å². The maximum Gasteiger partial charge on any atom is 0.0639 e. The van der Waals surface area contributed by atoms with Crippen LogP contribution in [0.4, 0.5) is 0 Å². The molecule has 2 aromatic carbocycles. The number of hydrogen-bond acceptors (Lipinski definition) is 3. The van der Waals surface area contributed by atoms with Crippen molar-refractivity contribution < 1.29 is 5.21 Å². The van der Waals surface area contributed by atoms with Crippen molar-refractivity contribution in [3.63, 3.8) is 0 Å². The highest BCUT2D eigenvalue weighted by Crippen LogP contribution is 2.37. The Morgan fingerprint density at radius 2 is 1.61 bits per heavy atom. The van der Waals surface area contributed by atoms with E-state index in [0.29, 0.717) is 0 Å². The van der Waals surface area contributed by atoms with Crippen molar-refractivity contribution in [1.29, 1.82) is 0 Å². The van der Waals surface area contributed by atoms with Gasteiger partial charge in [0, 0.05) is 24.4 Å². The predicted octanol–water partition coefficient (Wildman–Crippen LogP) is 4.71. The molecule has 3 nitrogen and oxygen atoms in total. The summed E-state index contributed by atoms with van der Waals surface area (Å²) in [7, 11) is 0. The van der Waals surface area contributed by atoms with Crippen LogP contribution in [0.5, 0.6) is 0 Å². The Bertz CT molecular complexity index is 639. The smallest absolute Gasteiger partial charge is 0.0639 e. The largest absolute Gasteiger partial charge is 0.411 e. The van der Waals surface area contributed by atoms with Crippen LogP contribution in [0.25, 0.3) is 0 Å². The summed E-state index contributed by atoms with van der Waals surface area (Å²) in [6, 6.07) is 21.3. The molecule has 2 N–H and O–H groups in total. The van der Waals surface area contributed by atoms with E-state index in [-0.39, 0.29) is 18.0 Å². The van der Waals surface area contributed by atoms with Gasteiger partial charge in [0.25, 0.3) is 0 Å². The third kappa shape index (κ3) is 3.45. The summed E-state index contributed by atoms with van der Waals surface area (Å²) < 4.78 is 0. The van der Waals surface area contributed by atoms with Crippen LogP contribution in [0.15, 0.2) is 65.8 Å². The lowest BCUT2D eigenvalue weighted by Crippen LogP contribution is -2.42. The zero-order valence-corrected chi connectivity index (χ0v) is 13.5. The lowest BCUT2D eigenvalue weighted by molar-refractivity contribution is 0.284. The molecule has 0 bridgehead atoms. The molecule has 120 valence electrons. The number of hydrogen-bond donors (Lipinski definition) is 2. The normalized spacial score (nSPS) is 26.3. The van der Waals surface area contributed by atoms with Gasteiger partial charge in [0.2, 0.25) is 0 Å². The zero-order valence-electron chi connectivity index (χ0n) is 13.5. The number of nitrogens with zero attached hydrogens (tertiary/aromatic N) is 1. The minimum atomic E-state index is 0.181. The second-order valence-corrected chi connectivity index (χ2v) is 6.21. The van der Waals surface area contributed by atoms with Gasteiger partial charge in [0.1, 0.15) is 0 Å². The molecule has 2 aromatic rings. The van der Waals surface area contributed by atoms with Crippen molar-refractivity contribution in [3.8, 4) is 0 Å². The first kappa shape index (κ1) is 15.8. The van der Waals surface area contributed by atoms with Gasteiger partial charge in [0.05, 0.1) is 5.71 Å². The maximum atomic E-state index is 9.58. The topological polar surface area (TPSA) is 44.6 Å². The second kappa shape index (κ2) is 7.42. The third-order valence-electron chi connectivity index (χ3n) is 4.71. The van der Waals surface area contributed by atoms with Crippen molar-refractivity contribution >= 4 is 5.71 Å². The second-order valence-electron chi connectivity index (χ2n) is 6.21. The van der Waals surface area contributed by atoms with Crippen molar-refractivity contribution in [3.05, 3.63) is 71.8 Å². The molecule has 0 saturated carbocycles. The Kier molecular flexibility index (Phi) is 5.09. The van der Waals surface area contributed by atoms with Crippen LogP contribution < -0.4 is 5.32 Å². The highest BCUT2D eigenvalue weighted by atomic mass is 16.4. The van der Waals surface area contributed by atoms with Crippen LogP contribution >= 0.6 is 0 Å². The number of rotatable bonds is 4. The van der Waals surface area contributed by atoms with E-state index in [1.807, 2.05) is 12.1 Å². The minimum absolute atomic E-state index is 0.181. The molecule has 0 amide bonds. The van der Waals surface area contributed by atoms with E-state index in [2.05, 4.69) is 65.9 Å². The summed E-state index contributed by atoms with van der Waals surface area (Å²) in [5.41, 5.74) is 3.41. The molecule has 23 heavy (non-hydrogen) atoms. The van der Waals surface area contributed by atoms with Crippen LogP contribution in [0.1, 0.15) is 49.4 Å². The summed E-state index contributed by atoms with van der Waals surface area (Å²) >= 11 is 0. The molecule has 0 spiro atoms.